The van der Waals surface area contributed by atoms with E-state index in [-0.39, 0.29) is 45.9 Å². The second-order valence-corrected chi connectivity index (χ2v) is 5.53. The Balaban J connectivity index is 1.92. The van der Waals surface area contributed by atoms with E-state index in [0.717, 1.165) is 0 Å². The lowest BCUT2D eigenvalue weighted by atomic mass is 10.1. The predicted molar refractivity (Wildman–Crippen MR) is 95.6 cm³/mol. The van der Waals surface area contributed by atoms with E-state index in [1.54, 1.807) is 6.92 Å². The molecular formula is C19H13NO8. The van der Waals surface area contributed by atoms with Crippen molar-refractivity contribution in [3.63, 3.8) is 0 Å². The molecule has 0 spiro atoms. The molecule has 0 aliphatic carbocycles. The van der Waals surface area contributed by atoms with Gasteiger partial charge in [-0.3, -0.25) is 14.9 Å². The Hall–Kier alpha value is -4.01. The van der Waals surface area contributed by atoms with Gasteiger partial charge in [0.15, 0.2) is 12.0 Å². The molecule has 0 aliphatic heterocycles. The summed E-state index contributed by atoms with van der Waals surface area (Å²) in [6.07, 6.45) is 0.398. The fraction of sp³-hybridized carbons (Fsp3) is 0.105. The Morgan fingerprint density at radius 2 is 1.86 bits per heavy atom. The van der Waals surface area contributed by atoms with Crippen LogP contribution < -0.4 is 4.74 Å². The van der Waals surface area contributed by atoms with Crippen LogP contribution in [0.25, 0.3) is 11.0 Å². The van der Waals surface area contributed by atoms with E-state index in [9.17, 15) is 24.5 Å². The summed E-state index contributed by atoms with van der Waals surface area (Å²) >= 11 is 0. The molecular weight excluding hydrogens is 370 g/mol. The third kappa shape index (κ3) is 3.58. The molecule has 0 radical (unpaired) electrons. The van der Waals surface area contributed by atoms with E-state index in [4.69, 9.17) is 13.9 Å². The van der Waals surface area contributed by atoms with Crippen LogP contribution >= 0.6 is 0 Å². The number of furan rings is 1. The number of aldehydes is 1. The van der Waals surface area contributed by atoms with Crippen molar-refractivity contribution in [2.24, 2.45) is 0 Å². The number of nitrogens with zero attached hydrogens (tertiary/aromatic N) is 1. The van der Waals surface area contributed by atoms with E-state index >= 15 is 0 Å². The number of fused-ring (bicyclic) bond motifs is 1. The Morgan fingerprint density at radius 3 is 2.46 bits per heavy atom. The van der Waals surface area contributed by atoms with Crippen LogP contribution in [0.15, 0.2) is 46.9 Å². The van der Waals surface area contributed by atoms with Gasteiger partial charge in [0.1, 0.15) is 16.9 Å². The monoisotopic (exact) mass is 383 g/mol. The van der Waals surface area contributed by atoms with Crippen LogP contribution in [-0.2, 0) is 4.74 Å². The fourth-order valence-electron chi connectivity index (χ4n) is 2.54. The van der Waals surface area contributed by atoms with Gasteiger partial charge >= 0.3 is 11.9 Å². The van der Waals surface area contributed by atoms with E-state index in [2.05, 4.69) is 0 Å². The quantitative estimate of drug-likeness (QED) is 0.208. The first-order chi connectivity index (χ1) is 13.4. The summed E-state index contributed by atoms with van der Waals surface area (Å²) in [6.45, 7) is 1.73. The van der Waals surface area contributed by atoms with E-state index in [1.165, 1.54) is 42.5 Å². The molecule has 2 aromatic carbocycles. The van der Waals surface area contributed by atoms with Crippen LogP contribution in [-0.4, -0.2) is 29.8 Å². The van der Waals surface area contributed by atoms with Crippen LogP contribution in [0.4, 0.5) is 5.69 Å². The zero-order chi connectivity index (χ0) is 20.3. The summed E-state index contributed by atoms with van der Waals surface area (Å²) in [7, 11) is 0. The maximum Gasteiger partial charge on any atom is 0.343 e. The minimum Gasteiger partial charge on any atom is -0.462 e. The molecule has 0 aliphatic rings. The average Bonchev–Trinajstić information content (AvgIpc) is 3.06. The first-order valence-corrected chi connectivity index (χ1v) is 8.10. The molecule has 3 rings (SSSR count). The Bertz CT molecular complexity index is 1080. The van der Waals surface area contributed by atoms with Crippen LogP contribution in [0.5, 0.6) is 5.75 Å². The maximum absolute atomic E-state index is 12.3. The molecule has 0 N–H and O–H groups in total. The third-order valence-electron chi connectivity index (χ3n) is 3.80. The number of non-ortho nitro benzene ring substituents is 1. The van der Waals surface area contributed by atoms with Gasteiger partial charge in [-0.25, -0.2) is 9.59 Å². The lowest BCUT2D eigenvalue weighted by molar-refractivity contribution is -0.384. The number of rotatable bonds is 6. The van der Waals surface area contributed by atoms with Gasteiger partial charge in [-0.05, 0) is 37.3 Å². The zero-order valence-corrected chi connectivity index (χ0v) is 14.5. The summed E-state index contributed by atoms with van der Waals surface area (Å²) in [4.78, 5) is 45.7. The molecule has 0 bridgehead atoms. The first-order valence-electron chi connectivity index (χ1n) is 8.10. The number of carbonyl (C=O) groups excluding carboxylic acids is 3. The lowest BCUT2D eigenvalue weighted by Gasteiger charge is -2.05. The van der Waals surface area contributed by atoms with Gasteiger partial charge in [-0.1, -0.05) is 0 Å². The van der Waals surface area contributed by atoms with Crippen molar-refractivity contribution < 1.29 is 33.2 Å². The maximum atomic E-state index is 12.3. The van der Waals surface area contributed by atoms with Crippen molar-refractivity contribution in [3.8, 4) is 5.75 Å². The molecule has 0 saturated carbocycles. The van der Waals surface area contributed by atoms with Crippen molar-refractivity contribution in [2.75, 3.05) is 6.61 Å². The minimum absolute atomic E-state index is 0.0555. The Labute approximate surface area is 157 Å². The predicted octanol–water partition coefficient (Wildman–Crippen LogP) is 3.55. The Morgan fingerprint density at radius 1 is 1.14 bits per heavy atom. The van der Waals surface area contributed by atoms with Crippen LogP contribution in [0.2, 0.25) is 0 Å². The highest BCUT2D eigenvalue weighted by Gasteiger charge is 2.22. The lowest BCUT2D eigenvalue weighted by Crippen LogP contribution is -2.09. The van der Waals surface area contributed by atoms with Crippen LogP contribution in [0.3, 0.4) is 0 Å². The molecule has 28 heavy (non-hydrogen) atoms. The standard InChI is InChI=1S/C19H13NO8/c1-2-26-19(23)17-14-9-13(7-8-15(14)28-16(17)10-21)27-18(22)11-3-5-12(6-4-11)20(24)25/h3-10H,2H2,1H3. The van der Waals surface area contributed by atoms with Crippen molar-refractivity contribution in [2.45, 2.75) is 6.92 Å². The number of carbonyl (C=O) groups is 3. The van der Waals surface area contributed by atoms with Gasteiger partial charge in [0, 0.05) is 17.5 Å². The summed E-state index contributed by atoms with van der Waals surface area (Å²) < 4.78 is 15.5. The average molecular weight is 383 g/mol. The molecule has 142 valence electrons. The Kier molecular flexibility index (Phi) is 5.16. The highest BCUT2D eigenvalue weighted by Crippen LogP contribution is 2.30. The van der Waals surface area contributed by atoms with Gasteiger partial charge in [0.2, 0.25) is 0 Å². The summed E-state index contributed by atoms with van der Waals surface area (Å²) in [6, 6.07) is 9.16. The molecule has 0 unspecified atom stereocenters. The molecule has 3 aromatic rings. The van der Waals surface area contributed by atoms with Crippen LogP contribution in [0, 0.1) is 10.1 Å². The largest absolute Gasteiger partial charge is 0.462 e. The number of ether oxygens (including phenoxy) is 2. The molecule has 0 amide bonds. The summed E-state index contributed by atoms with van der Waals surface area (Å²) in [5.41, 5.74) is 0.147. The van der Waals surface area contributed by atoms with Crippen molar-refractivity contribution in [3.05, 3.63) is 69.5 Å². The number of nitro groups is 1. The molecule has 0 atom stereocenters. The number of esters is 2. The second-order valence-electron chi connectivity index (χ2n) is 5.53. The highest BCUT2D eigenvalue weighted by atomic mass is 16.6. The number of hydrogen-bond acceptors (Lipinski definition) is 8. The fourth-order valence-corrected chi connectivity index (χ4v) is 2.54. The normalized spacial score (nSPS) is 10.5. The second kappa shape index (κ2) is 7.70. The van der Waals surface area contributed by atoms with Crippen molar-refractivity contribution in [1.29, 1.82) is 0 Å². The van der Waals surface area contributed by atoms with Gasteiger partial charge in [-0.15, -0.1) is 0 Å². The molecule has 9 nitrogen and oxygen atoms in total. The van der Waals surface area contributed by atoms with E-state index in [1.807, 2.05) is 0 Å². The minimum atomic E-state index is -0.744. The number of hydrogen-bond donors (Lipinski definition) is 0. The number of benzene rings is 2. The van der Waals surface area contributed by atoms with Gasteiger partial charge in [0.25, 0.3) is 5.69 Å². The van der Waals surface area contributed by atoms with Gasteiger partial charge < -0.3 is 13.9 Å². The molecule has 0 fully saturated rings. The smallest absolute Gasteiger partial charge is 0.343 e. The highest BCUT2D eigenvalue weighted by molar-refractivity contribution is 6.09. The van der Waals surface area contributed by atoms with Gasteiger partial charge in [-0.2, -0.15) is 0 Å². The topological polar surface area (TPSA) is 126 Å². The molecule has 1 heterocycles. The third-order valence-corrected chi connectivity index (χ3v) is 3.80. The van der Waals surface area contributed by atoms with Crippen molar-refractivity contribution in [1.82, 2.24) is 0 Å². The first kappa shape index (κ1) is 18.8. The van der Waals surface area contributed by atoms with E-state index < -0.39 is 16.9 Å². The summed E-state index contributed by atoms with van der Waals surface area (Å²) in [5.74, 6) is -1.57. The van der Waals surface area contributed by atoms with E-state index in [0.29, 0.717) is 6.29 Å². The van der Waals surface area contributed by atoms with Crippen LogP contribution in [0.1, 0.15) is 38.2 Å². The molecule has 9 heteroatoms. The zero-order valence-electron chi connectivity index (χ0n) is 14.5. The van der Waals surface area contributed by atoms with Crippen molar-refractivity contribution >= 4 is 34.9 Å². The molecule has 1 aromatic heterocycles. The molecule has 0 saturated heterocycles. The van der Waals surface area contributed by atoms with Gasteiger partial charge in [0.05, 0.1) is 17.1 Å². The summed E-state index contributed by atoms with van der Waals surface area (Å²) in [5, 5.41) is 10.9. The number of nitro benzene ring substituents is 1. The SMILES string of the molecule is CCOC(=O)c1c(C=O)oc2ccc(OC(=O)c3ccc([N+](=O)[O-])cc3)cc12.